The van der Waals surface area contributed by atoms with E-state index in [2.05, 4.69) is 24.3 Å². The highest BCUT2D eigenvalue weighted by molar-refractivity contribution is 7.99. The number of hydrogen-bond acceptors (Lipinski definition) is 2. The van der Waals surface area contributed by atoms with E-state index in [1.54, 1.807) is 0 Å². The Balaban J connectivity index is 1.82. The Hall–Kier alpha value is -0.760. The minimum atomic E-state index is 0.633. The Morgan fingerprint density at radius 1 is 1.27 bits per heavy atom. The third-order valence-electron chi connectivity index (χ3n) is 2.66. The van der Waals surface area contributed by atoms with Crippen molar-refractivity contribution in [3.8, 4) is 0 Å². The predicted octanol–water partition coefficient (Wildman–Crippen LogP) is 3.32. The van der Waals surface area contributed by atoms with Gasteiger partial charge in [-0.1, -0.05) is 12.1 Å². The van der Waals surface area contributed by atoms with Gasteiger partial charge in [-0.15, -0.1) is 11.8 Å². The van der Waals surface area contributed by atoms with Gasteiger partial charge < -0.3 is 4.79 Å². The first-order valence-corrected chi connectivity index (χ1v) is 6.52. The lowest BCUT2D eigenvalue weighted by molar-refractivity contribution is -0.107. The van der Waals surface area contributed by atoms with Crippen LogP contribution < -0.4 is 0 Å². The van der Waals surface area contributed by atoms with Gasteiger partial charge in [0.05, 0.1) is 0 Å². The lowest BCUT2D eigenvalue weighted by atomic mass is 10.1. The van der Waals surface area contributed by atoms with E-state index in [1.165, 1.54) is 29.1 Å². The Kier molecular flexibility index (Phi) is 3.84. The number of hydrogen-bond donors (Lipinski definition) is 0. The zero-order valence-electron chi connectivity index (χ0n) is 8.82. The van der Waals surface area contributed by atoms with Crippen LogP contribution in [0.1, 0.15) is 24.8 Å². The number of aldehydes is 1. The largest absolute Gasteiger partial charge is 0.303 e. The first-order valence-electron chi connectivity index (χ1n) is 5.54. The van der Waals surface area contributed by atoms with Crippen molar-refractivity contribution in [2.45, 2.75) is 30.6 Å². The molecule has 1 aromatic rings. The average molecular weight is 220 g/mol. The number of carbonyl (C=O) groups is 1. The van der Waals surface area contributed by atoms with Crippen molar-refractivity contribution in [1.82, 2.24) is 0 Å². The zero-order chi connectivity index (χ0) is 10.5. The van der Waals surface area contributed by atoms with E-state index in [4.69, 9.17) is 0 Å². The standard InChI is InChI=1S/C13H16OS/c14-9-1-2-11-5-7-13(8-6-11)15-10-12-3-4-12/h5-9,12H,1-4,10H2. The molecule has 1 aliphatic rings. The van der Waals surface area contributed by atoms with Gasteiger partial charge in [0.2, 0.25) is 0 Å². The molecule has 80 valence electrons. The van der Waals surface area contributed by atoms with Gasteiger partial charge in [0, 0.05) is 17.1 Å². The molecule has 0 aromatic heterocycles. The van der Waals surface area contributed by atoms with Crippen LogP contribution in [0, 0.1) is 5.92 Å². The molecule has 0 spiro atoms. The summed E-state index contributed by atoms with van der Waals surface area (Å²) in [5.41, 5.74) is 1.26. The van der Waals surface area contributed by atoms with Crippen molar-refractivity contribution >= 4 is 18.0 Å². The van der Waals surface area contributed by atoms with Crippen molar-refractivity contribution in [2.24, 2.45) is 5.92 Å². The van der Waals surface area contributed by atoms with Crippen LogP contribution in [0.15, 0.2) is 29.2 Å². The molecule has 1 aromatic carbocycles. The molecule has 0 atom stereocenters. The Labute approximate surface area is 95.3 Å². The maximum absolute atomic E-state index is 10.2. The van der Waals surface area contributed by atoms with Gasteiger partial charge in [-0.25, -0.2) is 0 Å². The SMILES string of the molecule is O=CCCc1ccc(SCC2CC2)cc1. The first kappa shape index (κ1) is 10.7. The number of aryl methyl sites for hydroxylation is 1. The second kappa shape index (κ2) is 5.36. The lowest BCUT2D eigenvalue weighted by Crippen LogP contribution is -1.86. The van der Waals surface area contributed by atoms with Crippen LogP contribution in [0.5, 0.6) is 0 Å². The van der Waals surface area contributed by atoms with E-state index in [0.717, 1.165) is 18.6 Å². The maximum Gasteiger partial charge on any atom is 0.120 e. The first-order chi connectivity index (χ1) is 7.38. The Bertz CT molecular complexity index is 314. The number of benzene rings is 1. The normalized spacial score (nSPS) is 15.2. The molecule has 0 N–H and O–H groups in total. The topological polar surface area (TPSA) is 17.1 Å². The van der Waals surface area contributed by atoms with Crippen LogP contribution in [0.25, 0.3) is 0 Å². The molecule has 0 saturated heterocycles. The number of carbonyl (C=O) groups excluding carboxylic acids is 1. The molecule has 0 radical (unpaired) electrons. The smallest absolute Gasteiger partial charge is 0.120 e. The van der Waals surface area contributed by atoms with Crippen molar-refractivity contribution < 1.29 is 4.79 Å². The monoisotopic (exact) mass is 220 g/mol. The molecule has 0 heterocycles. The zero-order valence-corrected chi connectivity index (χ0v) is 9.63. The molecule has 0 aliphatic heterocycles. The van der Waals surface area contributed by atoms with Gasteiger partial charge in [0.1, 0.15) is 6.29 Å². The van der Waals surface area contributed by atoms with E-state index in [1.807, 2.05) is 11.8 Å². The van der Waals surface area contributed by atoms with Crippen LogP contribution in [0.4, 0.5) is 0 Å². The summed E-state index contributed by atoms with van der Waals surface area (Å²) in [6.45, 7) is 0. The van der Waals surface area contributed by atoms with Gasteiger partial charge in [0.15, 0.2) is 0 Å². The fourth-order valence-electron chi connectivity index (χ4n) is 1.48. The lowest BCUT2D eigenvalue weighted by Gasteiger charge is -2.02. The summed E-state index contributed by atoms with van der Waals surface area (Å²) in [7, 11) is 0. The van der Waals surface area contributed by atoms with Crippen molar-refractivity contribution in [3.63, 3.8) is 0 Å². The minimum Gasteiger partial charge on any atom is -0.303 e. The Morgan fingerprint density at radius 2 is 2.00 bits per heavy atom. The van der Waals surface area contributed by atoms with Crippen LogP contribution in [-0.2, 0) is 11.2 Å². The van der Waals surface area contributed by atoms with E-state index < -0.39 is 0 Å². The van der Waals surface area contributed by atoms with Crippen molar-refractivity contribution in [2.75, 3.05) is 5.75 Å². The number of rotatable bonds is 6. The fraction of sp³-hybridized carbons (Fsp3) is 0.462. The number of thioether (sulfide) groups is 1. The molecule has 0 amide bonds. The van der Waals surface area contributed by atoms with Gasteiger partial charge in [-0.2, -0.15) is 0 Å². The molecule has 1 saturated carbocycles. The van der Waals surface area contributed by atoms with Crippen molar-refractivity contribution in [1.29, 1.82) is 0 Å². The van der Waals surface area contributed by atoms with Gasteiger partial charge >= 0.3 is 0 Å². The summed E-state index contributed by atoms with van der Waals surface area (Å²) in [4.78, 5) is 11.6. The average Bonchev–Trinajstić information content (AvgIpc) is 3.09. The highest BCUT2D eigenvalue weighted by Crippen LogP contribution is 2.34. The van der Waals surface area contributed by atoms with Gasteiger partial charge in [-0.05, 0) is 42.9 Å². The van der Waals surface area contributed by atoms with Crippen molar-refractivity contribution in [3.05, 3.63) is 29.8 Å². The predicted molar refractivity (Wildman–Crippen MR) is 64.3 cm³/mol. The molecule has 2 rings (SSSR count). The van der Waals surface area contributed by atoms with E-state index in [9.17, 15) is 4.79 Å². The summed E-state index contributed by atoms with van der Waals surface area (Å²) in [6.07, 6.45) is 5.33. The summed E-state index contributed by atoms with van der Waals surface area (Å²) >= 11 is 1.95. The molecule has 1 fully saturated rings. The van der Waals surface area contributed by atoms with Crippen LogP contribution in [0.2, 0.25) is 0 Å². The third kappa shape index (κ3) is 3.71. The molecule has 1 nitrogen and oxygen atoms in total. The molecule has 0 unspecified atom stereocenters. The molecular weight excluding hydrogens is 204 g/mol. The maximum atomic E-state index is 10.2. The molecule has 15 heavy (non-hydrogen) atoms. The summed E-state index contributed by atoms with van der Waals surface area (Å²) < 4.78 is 0. The summed E-state index contributed by atoms with van der Waals surface area (Å²) in [6, 6.07) is 8.62. The van der Waals surface area contributed by atoms with Crippen LogP contribution in [0.3, 0.4) is 0 Å². The highest BCUT2D eigenvalue weighted by atomic mass is 32.2. The molecular formula is C13H16OS. The quantitative estimate of drug-likeness (QED) is 0.540. The summed E-state index contributed by atoms with van der Waals surface area (Å²) in [5.74, 6) is 2.25. The second-order valence-electron chi connectivity index (χ2n) is 4.10. The van der Waals surface area contributed by atoms with Gasteiger partial charge in [-0.3, -0.25) is 0 Å². The molecule has 2 heteroatoms. The van der Waals surface area contributed by atoms with E-state index >= 15 is 0 Å². The fourth-order valence-corrected chi connectivity index (χ4v) is 2.57. The molecule has 1 aliphatic carbocycles. The highest BCUT2D eigenvalue weighted by Gasteiger charge is 2.20. The van der Waals surface area contributed by atoms with Gasteiger partial charge in [0.25, 0.3) is 0 Å². The van der Waals surface area contributed by atoms with Crippen LogP contribution in [-0.4, -0.2) is 12.0 Å². The minimum absolute atomic E-state index is 0.633. The van der Waals surface area contributed by atoms with E-state index in [-0.39, 0.29) is 0 Å². The second-order valence-corrected chi connectivity index (χ2v) is 5.20. The molecule has 0 bridgehead atoms. The summed E-state index contributed by atoms with van der Waals surface area (Å²) in [5, 5.41) is 0. The van der Waals surface area contributed by atoms with E-state index in [0.29, 0.717) is 6.42 Å². The Morgan fingerprint density at radius 3 is 2.60 bits per heavy atom. The third-order valence-corrected chi connectivity index (χ3v) is 3.90. The van der Waals surface area contributed by atoms with Crippen LogP contribution >= 0.6 is 11.8 Å².